The second-order valence-electron chi connectivity index (χ2n) is 5.00. The number of hydrogen-bond acceptors (Lipinski definition) is 3. The van der Waals surface area contributed by atoms with Crippen molar-refractivity contribution in [3.63, 3.8) is 0 Å². The molecule has 2 saturated heterocycles. The van der Waals surface area contributed by atoms with Gasteiger partial charge in [0.25, 0.3) is 0 Å². The SMILES string of the molecule is O=S(=O)(Cc1ccccc1)N1CC2(COC2)C1. The highest BCUT2D eigenvalue weighted by Crippen LogP contribution is 2.39. The summed E-state index contributed by atoms with van der Waals surface area (Å²) in [6, 6.07) is 9.31. The molecule has 0 radical (unpaired) electrons. The van der Waals surface area contributed by atoms with Crippen molar-refractivity contribution in [2.75, 3.05) is 26.3 Å². The average molecular weight is 253 g/mol. The fraction of sp³-hybridized carbons (Fsp3) is 0.500. The Hall–Kier alpha value is -0.910. The molecule has 2 aliphatic heterocycles. The van der Waals surface area contributed by atoms with Crippen molar-refractivity contribution >= 4 is 10.0 Å². The molecular formula is C12H15NO3S. The van der Waals surface area contributed by atoms with E-state index in [0.29, 0.717) is 26.3 Å². The number of nitrogens with zero attached hydrogens (tertiary/aromatic N) is 1. The lowest BCUT2D eigenvalue weighted by atomic mass is 9.80. The molecule has 5 heteroatoms. The van der Waals surface area contributed by atoms with Crippen molar-refractivity contribution in [2.24, 2.45) is 5.41 Å². The summed E-state index contributed by atoms with van der Waals surface area (Å²) < 4.78 is 30.9. The van der Waals surface area contributed by atoms with Gasteiger partial charge in [-0.2, -0.15) is 0 Å². The van der Waals surface area contributed by atoms with Gasteiger partial charge in [0.05, 0.1) is 19.0 Å². The molecule has 1 spiro atoms. The zero-order valence-corrected chi connectivity index (χ0v) is 10.3. The minimum atomic E-state index is -3.15. The average Bonchev–Trinajstić information content (AvgIpc) is 2.13. The van der Waals surface area contributed by atoms with Crippen molar-refractivity contribution in [2.45, 2.75) is 5.75 Å². The molecule has 3 rings (SSSR count). The lowest BCUT2D eigenvalue weighted by Crippen LogP contribution is -2.67. The Kier molecular flexibility index (Phi) is 2.50. The van der Waals surface area contributed by atoms with Crippen LogP contribution >= 0.6 is 0 Å². The van der Waals surface area contributed by atoms with Gasteiger partial charge in [-0.15, -0.1) is 0 Å². The highest BCUT2D eigenvalue weighted by Gasteiger charge is 2.52. The maximum atomic E-state index is 12.1. The van der Waals surface area contributed by atoms with Crippen molar-refractivity contribution in [1.29, 1.82) is 0 Å². The monoisotopic (exact) mass is 253 g/mol. The Balaban J connectivity index is 1.67. The van der Waals surface area contributed by atoms with Crippen LogP contribution in [0, 0.1) is 5.41 Å². The molecule has 0 bridgehead atoms. The summed E-state index contributed by atoms with van der Waals surface area (Å²) in [6.07, 6.45) is 0. The summed E-state index contributed by atoms with van der Waals surface area (Å²) >= 11 is 0. The van der Waals surface area contributed by atoms with Crippen LogP contribution in [0.3, 0.4) is 0 Å². The highest BCUT2D eigenvalue weighted by molar-refractivity contribution is 7.88. The van der Waals surface area contributed by atoms with Gasteiger partial charge in [0.1, 0.15) is 0 Å². The number of rotatable bonds is 3. The first-order chi connectivity index (χ1) is 8.10. The molecule has 1 aromatic rings. The van der Waals surface area contributed by atoms with Crippen LogP contribution in [-0.4, -0.2) is 39.0 Å². The van der Waals surface area contributed by atoms with Crippen LogP contribution in [0.25, 0.3) is 0 Å². The van der Waals surface area contributed by atoms with Crippen LogP contribution in [0.5, 0.6) is 0 Å². The molecule has 92 valence electrons. The predicted octanol–water partition coefficient (Wildman–Crippen LogP) is 0.849. The largest absolute Gasteiger partial charge is 0.380 e. The van der Waals surface area contributed by atoms with Crippen molar-refractivity contribution < 1.29 is 13.2 Å². The molecule has 4 nitrogen and oxygen atoms in total. The minimum Gasteiger partial charge on any atom is -0.380 e. The van der Waals surface area contributed by atoms with Crippen molar-refractivity contribution in [3.8, 4) is 0 Å². The molecule has 2 aliphatic rings. The van der Waals surface area contributed by atoms with Gasteiger partial charge in [0.2, 0.25) is 10.0 Å². The molecular weight excluding hydrogens is 238 g/mol. The maximum absolute atomic E-state index is 12.1. The van der Waals surface area contributed by atoms with Gasteiger partial charge in [-0.25, -0.2) is 12.7 Å². The molecule has 0 aromatic heterocycles. The summed E-state index contributed by atoms with van der Waals surface area (Å²) in [7, 11) is -3.15. The van der Waals surface area contributed by atoms with Crippen LogP contribution in [0.2, 0.25) is 0 Å². The van der Waals surface area contributed by atoms with Crippen LogP contribution in [-0.2, 0) is 20.5 Å². The van der Waals surface area contributed by atoms with Crippen LogP contribution in [0.1, 0.15) is 5.56 Å². The molecule has 0 saturated carbocycles. The van der Waals surface area contributed by atoms with Crippen molar-refractivity contribution in [3.05, 3.63) is 35.9 Å². The number of hydrogen-bond donors (Lipinski definition) is 0. The van der Waals surface area contributed by atoms with Crippen LogP contribution in [0.15, 0.2) is 30.3 Å². The topological polar surface area (TPSA) is 46.6 Å². The van der Waals surface area contributed by atoms with Gasteiger partial charge in [-0.05, 0) is 5.56 Å². The molecule has 1 aromatic carbocycles. The van der Waals surface area contributed by atoms with E-state index in [2.05, 4.69) is 0 Å². The van der Waals surface area contributed by atoms with Crippen LogP contribution in [0.4, 0.5) is 0 Å². The second-order valence-corrected chi connectivity index (χ2v) is 6.97. The van der Waals surface area contributed by atoms with Crippen molar-refractivity contribution in [1.82, 2.24) is 4.31 Å². The zero-order valence-electron chi connectivity index (χ0n) is 9.50. The van der Waals surface area contributed by atoms with Crippen LogP contribution < -0.4 is 0 Å². The molecule has 0 amide bonds. The minimum absolute atomic E-state index is 0.102. The van der Waals surface area contributed by atoms with E-state index < -0.39 is 10.0 Å². The molecule has 0 aliphatic carbocycles. The smallest absolute Gasteiger partial charge is 0.218 e. The summed E-state index contributed by atoms with van der Waals surface area (Å²) in [5.41, 5.74) is 0.988. The van der Waals surface area contributed by atoms with Gasteiger partial charge < -0.3 is 4.74 Å². The molecule has 0 atom stereocenters. The first-order valence-electron chi connectivity index (χ1n) is 5.69. The number of ether oxygens (including phenoxy) is 1. The fourth-order valence-corrected chi connectivity index (χ4v) is 4.09. The van der Waals surface area contributed by atoms with Gasteiger partial charge in [-0.3, -0.25) is 0 Å². The Bertz CT molecular complexity index is 500. The quantitative estimate of drug-likeness (QED) is 0.802. The predicted molar refractivity (Wildman–Crippen MR) is 63.9 cm³/mol. The summed E-state index contributed by atoms with van der Waals surface area (Å²) in [6.45, 7) is 2.68. The molecule has 2 fully saturated rings. The van der Waals surface area contributed by atoms with Gasteiger partial charge in [-0.1, -0.05) is 30.3 Å². The normalized spacial score (nSPS) is 23.1. The van der Waals surface area contributed by atoms with E-state index in [9.17, 15) is 8.42 Å². The van der Waals surface area contributed by atoms with E-state index in [-0.39, 0.29) is 11.2 Å². The molecule has 2 heterocycles. The first-order valence-corrected chi connectivity index (χ1v) is 7.30. The lowest BCUT2D eigenvalue weighted by Gasteiger charge is -2.54. The Morgan fingerprint density at radius 1 is 1.18 bits per heavy atom. The highest BCUT2D eigenvalue weighted by atomic mass is 32.2. The lowest BCUT2D eigenvalue weighted by molar-refractivity contribution is -0.166. The first kappa shape index (κ1) is 11.2. The molecule has 0 N–H and O–H groups in total. The fourth-order valence-electron chi connectivity index (χ4n) is 2.35. The summed E-state index contributed by atoms with van der Waals surface area (Å²) in [4.78, 5) is 0. The maximum Gasteiger partial charge on any atom is 0.218 e. The Morgan fingerprint density at radius 3 is 2.35 bits per heavy atom. The second kappa shape index (κ2) is 3.80. The van der Waals surface area contributed by atoms with Gasteiger partial charge in [0, 0.05) is 18.5 Å². The summed E-state index contributed by atoms with van der Waals surface area (Å²) in [5, 5.41) is 0. The zero-order chi connectivity index (χ0) is 11.9. The molecule has 0 unspecified atom stereocenters. The standard InChI is InChI=1S/C12H15NO3S/c14-17(15,6-11-4-2-1-3-5-11)13-7-12(8-13)9-16-10-12/h1-5H,6-10H2. The van der Waals surface area contributed by atoms with Gasteiger partial charge >= 0.3 is 0 Å². The van der Waals surface area contributed by atoms with E-state index in [1.807, 2.05) is 30.3 Å². The van der Waals surface area contributed by atoms with E-state index in [1.165, 1.54) is 0 Å². The number of sulfonamides is 1. The Morgan fingerprint density at radius 2 is 1.82 bits per heavy atom. The summed E-state index contributed by atoms with van der Waals surface area (Å²) in [5.74, 6) is 0.102. The third kappa shape index (κ3) is 1.99. The Labute approximate surface area is 101 Å². The number of benzene rings is 1. The van der Waals surface area contributed by atoms with E-state index in [0.717, 1.165) is 5.56 Å². The van der Waals surface area contributed by atoms with E-state index >= 15 is 0 Å². The van der Waals surface area contributed by atoms with E-state index in [1.54, 1.807) is 4.31 Å². The molecule has 17 heavy (non-hydrogen) atoms. The van der Waals surface area contributed by atoms with E-state index in [4.69, 9.17) is 4.74 Å². The third-order valence-electron chi connectivity index (χ3n) is 3.43. The third-order valence-corrected chi connectivity index (χ3v) is 5.17. The van der Waals surface area contributed by atoms with Gasteiger partial charge in [0.15, 0.2) is 0 Å².